The van der Waals surface area contributed by atoms with Gasteiger partial charge in [-0.05, 0) is 6.07 Å². The van der Waals surface area contributed by atoms with E-state index in [0.717, 1.165) is 12.3 Å². The number of nitrogens with one attached hydrogen (secondary N) is 1. The average Bonchev–Trinajstić information content (AvgIpc) is 3.43. The van der Waals surface area contributed by atoms with Gasteiger partial charge in [-0.1, -0.05) is 0 Å². The molecule has 1 saturated heterocycles. The summed E-state index contributed by atoms with van der Waals surface area (Å²) in [5.41, 5.74) is -1.62. The number of rotatable bonds is 5. The maximum Gasteiger partial charge on any atom is 0.341 e. The third-order valence-electron chi connectivity index (χ3n) is 5.50. The van der Waals surface area contributed by atoms with Crippen LogP contribution in [0.15, 0.2) is 17.1 Å². The number of aromatic carboxylic acids is 1. The largest absolute Gasteiger partial charge is 0.492 e. The topological polar surface area (TPSA) is 83.8 Å². The highest BCUT2D eigenvalue weighted by Crippen LogP contribution is 2.45. The Morgan fingerprint density at radius 3 is 2.67 bits per heavy atom. The van der Waals surface area contributed by atoms with E-state index in [9.17, 15) is 27.9 Å². The molecule has 1 aromatic carbocycles. The van der Waals surface area contributed by atoms with Crippen molar-refractivity contribution in [2.75, 3.05) is 31.6 Å². The number of hydrogen-bond donors (Lipinski definition) is 2. The molecule has 1 aliphatic carbocycles. The lowest BCUT2D eigenvalue weighted by Gasteiger charge is -2.36. The van der Waals surface area contributed by atoms with Crippen LogP contribution in [0.5, 0.6) is 5.75 Å². The first kappa shape index (κ1) is 20.5. The molecule has 1 saturated carbocycles. The van der Waals surface area contributed by atoms with Crippen LogP contribution >= 0.6 is 0 Å². The number of anilines is 1. The Labute approximate surface area is 167 Å². The molecule has 0 amide bonds. The van der Waals surface area contributed by atoms with E-state index in [1.54, 1.807) is 0 Å². The van der Waals surface area contributed by atoms with Gasteiger partial charge in [-0.25, -0.2) is 22.4 Å². The molecule has 3 atom stereocenters. The molecular formula is C19H19F4N3O4. The number of halogens is 4. The Bertz CT molecular complexity index is 1070. The molecule has 162 valence electrons. The van der Waals surface area contributed by atoms with Gasteiger partial charge in [0.1, 0.15) is 17.4 Å². The van der Waals surface area contributed by atoms with Crippen molar-refractivity contribution in [2.24, 2.45) is 0 Å². The molecule has 0 radical (unpaired) electrons. The van der Waals surface area contributed by atoms with Gasteiger partial charge in [-0.2, -0.15) is 0 Å². The van der Waals surface area contributed by atoms with Crippen molar-refractivity contribution in [3.63, 3.8) is 0 Å². The number of methoxy groups -OCH3 is 1. The number of hydrogen-bond acceptors (Lipinski definition) is 5. The molecule has 7 nitrogen and oxygen atoms in total. The standard InChI is InChI=1S/C19H19F4N3O4/c1-30-17-14-8(16(27)9(19(28)29)6-26(14)13-5-10(13)20)4-11(21)15(17)25-3-2-24-12(7-25)18(22)23/h4,6,10,12-13,18,24H,2-3,5,7H2,1H3,(H,28,29). The van der Waals surface area contributed by atoms with Crippen molar-refractivity contribution in [1.29, 1.82) is 0 Å². The minimum atomic E-state index is -2.67. The number of nitrogens with zero attached hydrogens (tertiary/aromatic N) is 2. The molecule has 2 fully saturated rings. The van der Waals surface area contributed by atoms with Gasteiger partial charge in [0.15, 0.2) is 11.6 Å². The summed E-state index contributed by atoms with van der Waals surface area (Å²) in [5, 5.41) is 11.7. The van der Waals surface area contributed by atoms with E-state index < -0.39 is 47.5 Å². The lowest BCUT2D eigenvalue weighted by Crippen LogP contribution is -2.54. The Hall–Kier alpha value is -2.82. The second-order valence-electron chi connectivity index (χ2n) is 7.38. The number of carboxylic acids is 1. The number of fused-ring (bicyclic) bond motifs is 1. The Morgan fingerprint density at radius 1 is 1.40 bits per heavy atom. The Morgan fingerprint density at radius 2 is 2.10 bits per heavy atom. The lowest BCUT2D eigenvalue weighted by atomic mass is 10.1. The summed E-state index contributed by atoms with van der Waals surface area (Å²) < 4.78 is 62.0. The fourth-order valence-electron chi connectivity index (χ4n) is 3.94. The quantitative estimate of drug-likeness (QED) is 0.709. The Kier molecular flexibility index (Phi) is 5.08. The zero-order chi connectivity index (χ0) is 21.7. The van der Waals surface area contributed by atoms with Gasteiger partial charge in [-0.3, -0.25) is 4.79 Å². The number of carboxylic acid groups (broad SMARTS) is 1. The minimum Gasteiger partial charge on any atom is -0.492 e. The molecule has 1 aromatic heterocycles. The van der Waals surface area contributed by atoms with Crippen molar-refractivity contribution in [2.45, 2.75) is 31.1 Å². The van der Waals surface area contributed by atoms with Crippen LogP contribution in [0.1, 0.15) is 22.8 Å². The normalized spacial score (nSPS) is 23.8. The molecule has 4 rings (SSSR count). The van der Waals surface area contributed by atoms with E-state index in [1.165, 1.54) is 16.6 Å². The molecule has 3 unspecified atom stereocenters. The van der Waals surface area contributed by atoms with E-state index in [2.05, 4.69) is 5.32 Å². The second kappa shape index (κ2) is 7.46. The van der Waals surface area contributed by atoms with Gasteiger partial charge in [0, 0.05) is 32.3 Å². The molecule has 1 aliphatic heterocycles. The molecule has 0 bridgehead atoms. The maximum atomic E-state index is 15.1. The van der Waals surface area contributed by atoms with Gasteiger partial charge >= 0.3 is 5.97 Å². The van der Waals surface area contributed by atoms with Crippen molar-refractivity contribution in [3.05, 3.63) is 33.9 Å². The van der Waals surface area contributed by atoms with Crippen LogP contribution < -0.4 is 20.4 Å². The monoisotopic (exact) mass is 429 g/mol. The summed E-state index contributed by atoms with van der Waals surface area (Å²) in [6, 6.07) is -1.04. The molecule has 11 heteroatoms. The molecule has 30 heavy (non-hydrogen) atoms. The van der Waals surface area contributed by atoms with E-state index in [1.807, 2.05) is 0 Å². The predicted molar refractivity (Wildman–Crippen MR) is 100 cm³/mol. The minimum absolute atomic E-state index is 0.0428. The predicted octanol–water partition coefficient (Wildman–Crippen LogP) is 2.17. The van der Waals surface area contributed by atoms with Crippen molar-refractivity contribution < 1.29 is 32.2 Å². The lowest BCUT2D eigenvalue weighted by molar-refractivity contribution is 0.0694. The van der Waals surface area contributed by atoms with Crippen LogP contribution in [0.3, 0.4) is 0 Å². The highest BCUT2D eigenvalue weighted by atomic mass is 19.3. The van der Waals surface area contributed by atoms with Crippen LogP contribution in [0.25, 0.3) is 10.9 Å². The smallest absolute Gasteiger partial charge is 0.341 e. The van der Waals surface area contributed by atoms with Crippen LogP contribution in [0, 0.1) is 5.82 Å². The van der Waals surface area contributed by atoms with Crippen LogP contribution in [0.4, 0.5) is 23.2 Å². The first-order valence-electron chi connectivity index (χ1n) is 9.33. The van der Waals surface area contributed by atoms with Crippen LogP contribution in [-0.2, 0) is 0 Å². The highest BCUT2D eigenvalue weighted by Gasteiger charge is 2.41. The summed E-state index contributed by atoms with van der Waals surface area (Å²) in [7, 11) is 1.23. The number of alkyl halides is 3. The van der Waals surface area contributed by atoms with E-state index >= 15 is 4.39 Å². The summed E-state index contributed by atoms with van der Waals surface area (Å²) in [6.45, 7) is 0.174. The number of ether oxygens (including phenoxy) is 1. The average molecular weight is 429 g/mol. The van der Waals surface area contributed by atoms with Gasteiger partial charge < -0.3 is 24.6 Å². The fraction of sp³-hybridized carbons (Fsp3) is 0.474. The SMILES string of the molecule is COc1c(N2CCNC(C(F)F)C2)c(F)cc2c(=O)c(C(=O)O)cn(C3CC3F)c12. The first-order valence-corrected chi connectivity index (χ1v) is 9.33. The van der Waals surface area contributed by atoms with Gasteiger partial charge in [-0.15, -0.1) is 0 Å². The van der Waals surface area contributed by atoms with Crippen LogP contribution in [-0.4, -0.2) is 61.0 Å². The van der Waals surface area contributed by atoms with Gasteiger partial charge in [0.05, 0.1) is 30.1 Å². The van der Waals surface area contributed by atoms with Gasteiger partial charge in [0.25, 0.3) is 6.43 Å². The Balaban J connectivity index is 1.97. The third kappa shape index (κ3) is 3.26. The van der Waals surface area contributed by atoms with Crippen LogP contribution in [0.2, 0.25) is 0 Å². The number of carbonyl (C=O) groups is 1. The van der Waals surface area contributed by atoms with Gasteiger partial charge in [0.2, 0.25) is 5.43 Å². The number of piperazine rings is 1. The zero-order valence-electron chi connectivity index (χ0n) is 15.9. The summed E-state index contributed by atoms with van der Waals surface area (Å²) >= 11 is 0. The van der Waals surface area contributed by atoms with Crippen molar-refractivity contribution in [1.82, 2.24) is 9.88 Å². The fourth-order valence-corrected chi connectivity index (χ4v) is 3.94. The molecule has 2 heterocycles. The summed E-state index contributed by atoms with van der Waals surface area (Å²) in [6.07, 6.45) is -2.79. The maximum absolute atomic E-state index is 15.1. The summed E-state index contributed by atoms with van der Waals surface area (Å²) in [4.78, 5) is 25.5. The van der Waals surface area contributed by atoms with Crippen molar-refractivity contribution in [3.8, 4) is 5.75 Å². The van der Waals surface area contributed by atoms with E-state index in [4.69, 9.17) is 4.74 Å². The molecule has 2 aliphatic rings. The molecule has 2 aromatic rings. The second-order valence-corrected chi connectivity index (χ2v) is 7.38. The highest BCUT2D eigenvalue weighted by molar-refractivity contribution is 5.97. The third-order valence-corrected chi connectivity index (χ3v) is 5.50. The number of benzene rings is 1. The van der Waals surface area contributed by atoms with E-state index in [0.29, 0.717) is 0 Å². The number of aromatic nitrogens is 1. The summed E-state index contributed by atoms with van der Waals surface area (Å²) in [5.74, 6) is -2.54. The molecular weight excluding hydrogens is 410 g/mol. The van der Waals surface area contributed by atoms with E-state index in [-0.39, 0.29) is 48.4 Å². The zero-order valence-corrected chi connectivity index (χ0v) is 15.9. The molecule has 2 N–H and O–H groups in total. The number of pyridine rings is 1. The van der Waals surface area contributed by atoms with Crippen molar-refractivity contribution >= 4 is 22.6 Å². The first-order chi connectivity index (χ1) is 14.2. The molecule has 0 spiro atoms.